The van der Waals surface area contributed by atoms with Gasteiger partial charge in [0.15, 0.2) is 5.82 Å². The van der Waals surface area contributed by atoms with Crippen LogP contribution >= 0.6 is 0 Å². The van der Waals surface area contributed by atoms with Crippen molar-refractivity contribution in [2.24, 2.45) is 0 Å². The van der Waals surface area contributed by atoms with Gasteiger partial charge in [0.05, 0.1) is 0 Å². The molecule has 0 bridgehead atoms. The molecule has 0 radical (unpaired) electrons. The van der Waals surface area contributed by atoms with Gasteiger partial charge in [-0.05, 0) is 37.1 Å². The molecule has 2 N–H and O–H groups in total. The SMILES string of the molecule is Fc1ccc(Cc2nc(C3CCCNC3)n[nH]2)cc1. The van der Waals surface area contributed by atoms with Crippen LogP contribution in [0.5, 0.6) is 0 Å². The number of rotatable bonds is 3. The van der Waals surface area contributed by atoms with Gasteiger partial charge >= 0.3 is 0 Å². The highest BCUT2D eigenvalue weighted by Crippen LogP contribution is 2.20. The molecule has 0 spiro atoms. The molecule has 3 rings (SSSR count). The molecule has 1 aliphatic rings. The summed E-state index contributed by atoms with van der Waals surface area (Å²) in [4.78, 5) is 4.55. The number of benzene rings is 1. The summed E-state index contributed by atoms with van der Waals surface area (Å²) in [5, 5.41) is 10.6. The van der Waals surface area contributed by atoms with E-state index >= 15 is 0 Å². The van der Waals surface area contributed by atoms with Crippen molar-refractivity contribution < 1.29 is 4.39 Å². The normalized spacial score (nSPS) is 19.5. The summed E-state index contributed by atoms with van der Waals surface area (Å²) in [5.74, 6) is 1.93. The molecule has 1 aromatic heterocycles. The van der Waals surface area contributed by atoms with Crippen molar-refractivity contribution in [2.75, 3.05) is 13.1 Å². The van der Waals surface area contributed by atoms with E-state index in [-0.39, 0.29) is 5.82 Å². The van der Waals surface area contributed by atoms with E-state index in [2.05, 4.69) is 20.5 Å². The van der Waals surface area contributed by atoms with E-state index in [4.69, 9.17) is 0 Å². The van der Waals surface area contributed by atoms with Gasteiger partial charge in [-0.25, -0.2) is 9.37 Å². The predicted octanol–water partition coefficient (Wildman–Crippen LogP) is 2.00. The van der Waals surface area contributed by atoms with Crippen LogP contribution in [0.15, 0.2) is 24.3 Å². The number of nitrogens with zero attached hydrogens (tertiary/aromatic N) is 2. The number of halogens is 1. The molecule has 5 heteroatoms. The topological polar surface area (TPSA) is 53.6 Å². The lowest BCUT2D eigenvalue weighted by atomic mass is 9.99. The Morgan fingerprint density at radius 2 is 2.11 bits per heavy atom. The third kappa shape index (κ3) is 2.98. The van der Waals surface area contributed by atoms with Gasteiger partial charge in [-0.15, -0.1) is 0 Å². The van der Waals surface area contributed by atoms with Crippen molar-refractivity contribution in [2.45, 2.75) is 25.2 Å². The summed E-state index contributed by atoms with van der Waals surface area (Å²) in [6.07, 6.45) is 2.97. The number of aromatic nitrogens is 3. The van der Waals surface area contributed by atoms with Gasteiger partial charge in [0, 0.05) is 18.9 Å². The minimum absolute atomic E-state index is 0.213. The van der Waals surface area contributed by atoms with Gasteiger partial charge in [0.1, 0.15) is 11.6 Å². The molecule has 1 fully saturated rings. The van der Waals surface area contributed by atoms with Gasteiger partial charge in [-0.2, -0.15) is 5.10 Å². The lowest BCUT2D eigenvalue weighted by molar-refractivity contribution is 0.447. The minimum Gasteiger partial charge on any atom is -0.316 e. The maximum absolute atomic E-state index is 12.8. The molecule has 19 heavy (non-hydrogen) atoms. The van der Waals surface area contributed by atoms with Crippen LogP contribution in [0.25, 0.3) is 0 Å². The van der Waals surface area contributed by atoms with Gasteiger partial charge in [-0.1, -0.05) is 12.1 Å². The maximum atomic E-state index is 12.8. The van der Waals surface area contributed by atoms with Crippen molar-refractivity contribution >= 4 is 0 Å². The minimum atomic E-state index is -0.213. The van der Waals surface area contributed by atoms with Crippen LogP contribution in [0.4, 0.5) is 4.39 Å². The number of hydrogen-bond acceptors (Lipinski definition) is 3. The molecule has 4 nitrogen and oxygen atoms in total. The van der Waals surface area contributed by atoms with E-state index in [0.29, 0.717) is 12.3 Å². The van der Waals surface area contributed by atoms with Crippen LogP contribution in [0.3, 0.4) is 0 Å². The van der Waals surface area contributed by atoms with Crippen LogP contribution in [0.2, 0.25) is 0 Å². The molecular formula is C14H17FN4. The molecule has 0 saturated carbocycles. The zero-order valence-electron chi connectivity index (χ0n) is 10.7. The lowest BCUT2D eigenvalue weighted by Gasteiger charge is -2.19. The number of piperidine rings is 1. The van der Waals surface area contributed by atoms with Crippen molar-refractivity contribution in [3.05, 3.63) is 47.3 Å². The van der Waals surface area contributed by atoms with Gasteiger partial charge in [0.2, 0.25) is 0 Å². The van der Waals surface area contributed by atoms with Crippen LogP contribution in [-0.2, 0) is 6.42 Å². The summed E-state index contributed by atoms with van der Waals surface area (Å²) in [7, 11) is 0. The molecule has 1 saturated heterocycles. The third-order valence-electron chi connectivity index (χ3n) is 3.50. The Hall–Kier alpha value is -1.75. The van der Waals surface area contributed by atoms with Crippen molar-refractivity contribution in [3.8, 4) is 0 Å². The summed E-state index contributed by atoms with van der Waals surface area (Å²) in [5.41, 5.74) is 1.03. The number of hydrogen-bond donors (Lipinski definition) is 2. The first kappa shape index (κ1) is 12.3. The van der Waals surface area contributed by atoms with E-state index in [1.54, 1.807) is 12.1 Å². The molecule has 1 aliphatic heterocycles. The average molecular weight is 260 g/mol. The molecule has 1 aromatic carbocycles. The van der Waals surface area contributed by atoms with Crippen LogP contribution in [0, 0.1) is 5.82 Å². The zero-order valence-corrected chi connectivity index (χ0v) is 10.7. The predicted molar refractivity (Wildman–Crippen MR) is 70.4 cm³/mol. The van der Waals surface area contributed by atoms with E-state index < -0.39 is 0 Å². The first-order valence-corrected chi connectivity index (χ1v) is 6.67. The average Bonchev–Trinajstić information content (AvgIpc) is 2.91. The highest BCUT2D eigenvalue weighted by Gasteiger charge is 2.19. The fourth-order valence-electron chi connectivity index (χ4n) is 2.44. The maximum Gasteiger partial charge on any atom is 0.155 e. The molecule has 2 aromatic rings. The number of nitrogens with one attached hydrogen (secondary N) is 2. The largest absolute Gasteiger partial charge is 0.316 e. The van der Waals surface area contributed by atoms with Gasteiger partial charge in [0.25, 0.3) is 0 Å². The molecule has 1 unspecified atom stereocenters. The second kappa shape index (κ2) is 5.48. The Balaban J connectivity index is 1.68. The highest BCUT2D eigenvalue weighted by atomic mass is 19.1. The summed E-state index contributed by atoms with van der Waals surface area (Å²) < 4.78 is 12.8. The molecule has 2 heterocycles. The van der Waals surface area contributed by atoms with E-state index in [1.807, 2.05) is 0 Å². The Labute approximate surface area is 111 Å². The quantitative estimate of drug-likeness (QED) is 0.887. The van der Waals surface area contributed by atoms with Crippen LogP contribution < -0.4 is 5.32 Å². The Morgan fingerprint density at radius 3 is 2.84 bits per heavy atom. The van der Waals surface area contributed by atoms with Gasteiger partial charge in [-0.3, -0.25) is 5.10 Å². The van der Waals surface area contributed by atoms with E-state index in [0.717, 1.165) is 36.7 Å². The Kier molecular flexibility index (Phi) is 3.55. The molecular weight excluding hydrogens is 243 g/mol. The standard InChI is InChI=1S/C14H17FN4/c15-12-5-3-10(4-6-12)8-13-17-14(19-18-13)11-2-1-7-16-9-11/h3-6,11,16H,1-2,7-9H2,(H,17,18,19). The molecule has 0 amide bonds. The molecule has 0 aliphatic carbocycles. The van der Waals surface area contributed by atoms with Crippen LogP contribution in [-0.4, -0.2) is 28.3 Å². The monoisotopic (exact) mass is 260 g/mol. The summed E-state index contributed by atoms with van der Waals surface area (Å²) >= 11 is 0. The fraction of sp³-hybridized carbons (Fsp3) is 0.429. The number of aromatic amines is 1. The first-order valence-electron chi connectivity index (χ1n) is 6.67. The summed E-state index contributed by atoms with van der Waals surface area (Å²) in [6.45, 7) is 2.04. The highest BCUT2D eigenvalue weighted by molar-refractivity contribution is 5.20. The Bertz CT molecular complexity index is 529. The second-order valence-corrected chi connectivity index (χ2v) is 4.99. The third-order valence-corrected chi connectivity index (χ3v) is 3.50. The lowest BCUT2D eigenvalue weighted by Crippen LogP contribution is -2.28. The van der Waals surface area contributed by atoms with Crippen LogP contribution in [0.1, 0.15) is 36.0 Å². The van der Waals surface area contributed by atoms with E-state index in [1.165, 1.54) is 18.6 Å². The first-order chi connectivity index (χ1) is 9.31. The molecule has 1 atom stereocenters. The van der Waals surface area contributed by atoms with Crippen molar-refractivity contribution in [1.82, 2.24) is 20.5 Å². The van der Waals surface area contributed by atoms with Crippen molar-refractivity contribution in [3.63, 3.8) is 0 Å². The smallest absolute Gasteiger partial charge is 0.155 e. The molecule has 100 valence electrons. The zero-order chi connectivity index (χ0) is 13.1. The van der Waals surface area contributed by atoms with Crippen molar-refractivity contribution in [1.29, 1.82) is 0 Å². The fourth-order valence-corrected chi connectivity index (χ4v) is 2.44. The Morgan fingerprint density at radius 1 is 1.26 bits per heavy atom. The van der Waals surface area contributed by atoms with Gasteiger partial charge < -0.3 is 5.32 Å². The van der Waals surface area contributed by atoms with E-state index in [9.17, 15) is 4.39 Å². The second-order valence-electron chi connectivity index (χ2n) is 4.99. The summed E-state index contributed by atoms with van der Waals surface area (Å²) in [6, 6.07) is 6.49. The number of H-pyrrole nitrogens is 1.